The van der Waals surface area contributed by atoms with Crippen molar-refractivity contribution in [3.63, 3.8) is 0 Å². The highest BCUT2D eigenvalue weighted by molar-refractivity contribution is 5.77. The molecule has 5 heteroatoms. The van der Waals surface area contributed by atoms with Gasteiger partial charge in [0.2, 0.25) is 0 Å². The molecule has 0 aliphatic rings. The molecular formula is C11H11FN2O2. The van der Waals surface area contributed by atoms with Gasteiger partial charge in [0.05, 0.1) is 12.5 Å². The van der Waals surface area contributed by atoms with E-state index in [1.165, 1.54) is 24.3 Å². The lowest BCUT2D eigenvalue weighted by Crippen LogP contribution is -2.29. The average Bonchev–Trinajstić information content (AvgIpc) is 2.29. The van der Waals surface area contributed by atoms with Gasteiger partial charge in [-0.15, -0.1) is 0 Å². The minimum absolute atomic E-state index is 0.142. The lowest BCUT2D eigenvalue weighted by Gasteiger charge is -2.05. The number of nitrogens with one attached hydrogen (secondary N) is 1. The zero-order chi connectivity index (χ0) is 11.8. The van der Waals surface area contributed by atoms with E-state index in [1.807, 2.05) is 6.07 Å². The first-order chi connectivity index (χ1) is 7.72. The number of benzene rings is 1. The highest BCUT2D eigenvalue weighted by Crippen LogP contribution is 2.10. The molecule has 0 heterocycles. The summed E-state index contributed by atoms with van der Waals surface area (Å²) in [4.78, 5) is 11.1. The van der Waals surface area contributed by atoms with Gasteiger partial charge in [0.25, 0.3) is 5.91 Å². The minimum atomic E-state index is -0.356. The third-order valence-corrected chi connectivity index (χ3v) is 1.74. The molecule has 1 rings (SSSR count). The molecule has 0 aromatic heterocycles. The molecule has 1 aromatic rings. The largest absolute Gasteiger partial charge is 0.484 e. The van der Waals surface area contributed by atoms with Crippen molar-refractivity contribution < 1.29 is 13.9 Å². The summed E-state index contributed by atoms with van der Waals surface area (Å²) in [5, 5.41) is 10.7. The third kappa shape index (κ3) is 4.42. The topological polar surface area (TPSA) is 62.1 Å². The fourth-order valence-electron chi connectivity index (χ4n) is 0.989. The molecule has 0 unspecified atom stereocenters. The minimum Gasteiger partial charge on any atom is -0.484 e. The lowest BCUT2D eigenvalue weighted by atomic mass is 10.3. The second-order valence-corrected chi connectivity index (χ2v) is 3.00. The molecule has 0 bridgehead atoms. The summed E-state index contributed by atoms with van der Waals surface area (Å²) >= 11 is 0. The highest BCUT2D eigenvalue weighted by Gasteiger charge is 2.01. The Balaban J connectivity index is 2.26. The molecular weight excluding hydrogens is 211 g/mol. The molecule has 0 radical (unpaired) electrons. The van der Waals surface area contributed by atoms with Crippen molar-refractivity contribution in [2.24, 2.45) is 0 Å². The van der Waals surface area contributed by atoms with Gasteiger partial charge in [-0.05, 0) is 24.3 Å². The van der Waals surface area contributed by atoms with Gasteiger partial charge < -0.3 is 10.1 Å². The molecule has 16 heavy (non-hydrogen) atoms. The molecule has 0 spiro atoms. The number of hydrogen-bond donors (Lipinski definition) is 1. The van der Waals surface area contributed by atoms with Crippen LogP contribution < -0.4 is 10.1 Å². The van der Waals surface area contributed by atoms with E-state index < -0.39 is 0 Å². The number of carbonyl (C=O) groups excluding carboxylic acids is 1. The summed E-state index contributed by atoms with van der Waals surface area (Å²) in [7, 11) is 0. The van der Waals surface area contributed by atoms with E-state index in [4.69, 9.17) is 10.00 Å². The third-order valence-electron chi connectivity index (χ3n) is 1.74. The summed E-state index contributed by atoms with van der Waals surface area (Å²) in [5.41, 5.74) is 0. The van der Waals surface area contributed by atoms with Crippen LogP contribution in [0.3, 0.4) is 0 Å². The van der Waals surface area contributed by atoms with Crippen molar-refractivity contribution in [3.8, 4) is 11.8 Å². The zero-order valence-electron chi connectivity index (χ0n) is 8.57. The van der Waals surface area contributed by atoms with Crippen LogP contribution in [0.2, 0.25) is 0 Å². The Hall–Kier alpha value is -2.09. The van der Waals surface area contributed by atoms with E-state index in [0.717, 1.165) is 0 Å². The summed E-state index contributed by atoms with van der Waals surface area (Å²) in [6.07, 6.45) is 0.266. The Morgan fingerprint density at radius 1 is 1.44 bits per heavy atom. The SMILES string of the molecule is N#CCCNC(=O)COc1ccc(F)cc1. The van der Waals surface area contributed by atoms with Gasteiger partial charge in [0.15, 0.2) is 6.61 Å². The Bertz CT molecular complexity index is 384. The molecule has 4 nitrogen and oxygen atoms in total. The Labute approximate surface area is 92.6 Å². The molecule has 0 saturated carbocycles. The predicted octanol–water partition coefficient (Wildman–Crippen LogP) is 1.23. The van der Waals surface area contributed by atoms with Crippen LogP contribution in [-0.4, -0.2) is 19.1 Å². The Morgan fingerprint density at radius 3 is 2.75 bits per heavy atom. The summed E-state index contributed by atoms with van der Waals surface area (Å²) < 4.78 is 17.6. The van der Waals surface area contributed by atoms with E-state index >= 15 is 0 Å². The predicted molar refractivity (Wildman–Crippen MR) is 55.1 cm³/mol. The Kier molecular flexibility index (Phi) is 4.80. The van der Waals surface area contributed by atoms with Gasteiger partial charge in [-0.25, -0.2) is 4.39 Å². The van der Waals surface area contributed by atoms with Crippen molar-refractivity contribution in [1.29, 1.82) is 5.26 Å². The van der Waals surface area contributed by atoms with Crippen molar-refractivity contribution in [1.82, 2.24) is 5.32 Å². The number of amides is 1. The normalized spacial score (nSPS) is 9.25. The number of halogens is 1. The van der Waals surface area contributed by atoms with Crippen LogP contribution in [0.15, 0.2) is 24.3 Å². The summed E-state index contributed by atoms with van der Waals surface area (Å²) in [5.74, 6) is -0.234. The summed E-state index contributed by atoms with van der Waals surface area (Å²) in [6.45, 7) is 0.166. The quantitative estimate of drug-likeness (QED) is 0.762. The smallest absolute Gasteiger partial charge is 0.257 e. The second kappa shape index (κ2) is 6.40. The van der Waals surface area contributed by atoms with Crippen LogP contribution in [0.5, 0.6) is 5.75 Å². The van der Waals surface area contributed by atoms with Gasteiger partial charge in [-0.1, -0.05) is 0 Å². The number of ether oxygens (including phenoxy) is 1. The maximum absolute atomic E-state index is 12.5. The van der Waals surface area contributed by atoms with Crippen LogP contribution in [-0.2, 0) is 4.79 Å². The van der Waals surface area contributed by atoms with Crippen LogP contribution in [0, 0.1) is 17.1 Å². The van der Waals surface area contributed by atoms with Crippen molar-refractivity contribution in [2.75, 3.05) is 13.2 Å². The molecule has 1 aromatic carbocycles. The van der Waals surface area contributed by atoms with E-state index in [9.17, 15) is 9.18 Å². The van der Waals surface area contributed by atoms with Crippen molar-refractivity contribution in [2.45, 2.75) is 6.42 Å². The monoisotopic (exact) mass is 222 g/mol. The van der Waals surface area contributed by atoms with Crippen LogP contribution in [0.4, 0.5) is 4.39 Å². The molecule has 0 saturated heterocycles. The Morgan fingerprint density at radius 2 is 2.12 bits per heavy atom. The second-order valence-electron chi connectivity index (χ2n) is 3.00. The first-order valence-electron chi connectivity index (χ1n) is 4.74. The molecule has 84 valence electrons. The number of nitrogens with zero attached hydrogens (tertiary/aromatic N) is 1. The maximum atomic E-state index is 12.5. The molecule has 0 atom stereocenters. The number of nitriles is 1. The van der Waals surface area contributed by atoms with Crippen LogP contribution in [0.1, 0.15) is 6.42 Å². The number of rotatable bonds is 5. The molecule has 1 amide bonds. The van der Waals surface area contributed by atoms with E-state index in [1.54, 1.807) is 0 Å². The molecule has 0 aliphatic heterocycles. The molecule has 0 fully saturated rings. The maximum Gasteiger partial charge on any atom is 0.257 e. The first-order valence-corrected chi connectivity index (χ1v) is 4.74. The number of carbonyl (C=O) groups is 1. The summed E-state index contributed by atoms with van der Waals surface area (Å²) in [6, 6.07) is 7.30. The van der Waals surface area contributed by atoms with Gasteiger partial charge in [-0.3, -0.25) is 4.79 Å². The van der Waals surface area contributed by atoms with E-state index in [0.29, 0.717) is 12.3 Å². The fraction of sp³-hybridized carbons (Fsp3) is 0.273. The zero-order valence-corrected chi connectivity index (χ0v) is 8.57. The first kappa shape index (κ1) is 12.0. The van der Waals surface area contributed by atoms with E-state index in [2.05, 4.69) is 5.32 Å². The van der Waals surface area contributed by atoms with Gasteiger partial charge >= 0.3 is 0 Å². The van der Waals surface area contributed by atoms with Crippen molar-refractivity contribution >= 4 is 5.91 Å². The van der Waals surface area contributed by atoms with Gasteiger partial charge in [0, 0.05) is 6.54 Å². The number of hydrogen-bond acceptors (Lipinski definition) is 3. The van der Waals surface area contributed by atoms with Crippen molar-refractivity contribution in [3.05, 3.63) is 30.1 Å². The van der Waals surface area contributed by atoms with Gasteiger partial charge in [-0.2, -0.15) is 5.26 Å². The van der Waals surface area contributed by atoms with Gasteiger partial charge in [0.1, 0.15) is 11.6 Å². The average molecular weight is 222 g/mol. The van der Waals surface area contributed by atoms with Crippen LogP contribution >= 0.6 is 0 Å². The standard InChI is InChI=1S/C11H11FN2O2/c12-9-2-4-10(5-3-9)16-8-11(15)14-7-1-6-13/h2-5H,1,7-8H2,(H,14,15). The highest BCUT2D eigenvalue weighted by atomic mass is 19.1. The van der Waals surface area contributed by atoms with Crippen LogP contribution in [0.25, 0.3) is 0 Å². The molecule has 1 N–H and O–H groups in total. The lowest BCUT2D eigenvalue weighted by molar-refractivity contribution is -0.123. The van der Waals surface area contributed by atoms with E-state index in [-0.39, 0.29) is 24.8 Å². The molecule has 0 aliphatic carbocycles. The fourth-order valence-corrected chi connectivity index (χ4v) is 0.989.